The van der Waals surface area contributed by atoms with Gasteiger partial charge in [0.15, 0.2) is 0 Å². The molecule has 0 bridgehead atoms. The van der Waals surface area contributed by atoms with E-state index in [0.29, 0.717) is 19.1 Å². The number of carbonyl (C=O) groups is 1. The first kappa shape index (κ1) is 9.52. The molecule has 1 heterocycles. The quantitative estimate of drug-likeness (QED) is 0.686. The molecule has 1 amide bonds. The van der Waals surface area contributed by atoms with Crippen molar-refractivity contribution in [2.24, 2.45) is 17.1 Å². The van der Waals surface area contributed by atoms with Crippen molar-refractivity contribution in [2.45, 2.75) is 26.7 Å². The van der Waals surface area contributed by atoms with Gasteiger partial charge in [0.1, 0.15) is 0 Å². The molecule has 3 nitrogen and oxygen atoms in total. The van der Waals surface area contributed by atoms with Gasteiger partial charge < -0.3 is 10.5 Å². The third kappa shape index (κ3) is 1.78. The maximum absolute atomic E-state index is 11.2. The Balaban J connectivity index is 2.65. The van der Waals surface area contributed by atoms with E-state index in [9.17, 15) is 4.79 Å². The van der Waals surface area contributed by atoms with Crippen molar-refractivity contribution in [3.05, 3.63) is 0 Å². The van der Waals surface area contributed by atoms with E-state index in [-0.39, 0.29) is 11.3 Å². The summed E-state index contributed by atoms with van der Waals surface area (Å²) in [6.45, 7) is 5.39. The van der Waals surface area contributed by atoms with Crippen LogP contribution in [0.15, 0.2) is 0 Å². The number of ether oxygens (including phenoxy) is 1. The molecule has 0 aromatic rings. The molecule has 0 aromatic heterocycles. The van der Waals surface area contributed by atoms with Crippen molar-refractivity contribution >= 4 is 5.91 Å². The van der Waals surface area contributed by atoms with Crippen LogP contribution in [0.5, 0.6) is 0 Å². The van der Waals surface area contributed by atoms with Gasteiger partial charge in [-0.05, 0) is 18.8 Å². The van der Waals surface area contributed by atoms with Crippen molar-refractivity contribution < 1.29 is 9.53 Å². The second-order valence-electron chi connectivity index (χ2n) is 4.05. The van der Waals surface area contributed by atoms with E-state index in [4.69, 9.17) is 10.5 Å². The molecule has 0 saturated carbocycles. The topological polar surface area (TPSA) is 52.3 Å². The summed E-state index contributed by atoms with van der Waals surface area (Å²) in [7, 11) is 0. The summed E-state index contributed by atoms with van der Waals surface area (Å²) < 4.78 is 5.22. The molecule has 3 heteroatoms. The molecule has 1 fully saturated rings. The SMILES string of the molecule is CC(C)CC1(C(N)=O)CCOC1. The predicted molar refractivity (Wildman–Crippen MR) is 46.5 cm³/mol. The highest BCUT2D eigenvalue weighted by molar-refractivity contribution is 5.81. The van der Waals surface area contributed by atoms with Crippen molar-refractivity contribution in [2.75, 3.05) is 13.2 Å². The number of carbonyl (C=O) groups excluding carboxylic acids is 1. The first-order valence-electron chi connectivity index (χ1n) is 4.44. The number of hydrogen-bond donors (Lipinski definition) is 1. The zero-order valence-electron chi connectivity index (χ0n) is 7.80. The van der Waals surface area contributed by atoms with Crippen LogP contribution in [-0.4, -0.2) is 19.1 Å². The second-order valence-corrected chi connectivity index (χ2v) is 4.05. The monoisotopic (exact) mass is 171 g/mol. The second kappa shape index (κ2) is 3.44. The van der Waals surface area contributed by atoms with E-state index in [2.05, 4.69) is 13.8 Å². The van der Waals surface area contributed by atoms with Crippen LogP contribution >= 0.6 is 0 Å². The normalized spacial score (nSPS) is 29.6. The lowest BCUT2D eigenvalue weighted by molar-refractivity contribution is -0.128. The molecule has 1 unspecified atom stereocenters. The molecule has 70 valence electrons. The van der Waals surface area contributed by atoms with Crippen LogP contribution in [0, 0.1) is 11.3 Å². The first-order valence-corrected chi connectivity index (χ1v) is 4.44. The minimum absolute atomic E-state index is 0.200. The van der Waals surface area contributed by atoms with E-state index in [1.165, 1.54) is 0 Å². The standard InChI is InChI=1S/C9H17NO2/c1-7(2)5-9(8(10)11)3-4-12-6-9/h7H,3-6H2,1-2H3,(H2,10,11). The predicted octanol–water partition coefficient (Wildman–Crippen LogP) is 0.925. The number of rotatable bonds is 3. The Morgan fingerprint density at radius 1 is 1.67 bits per heavy atom. The molecular formula is C9H17NO2. The van der Waals surface area contributed by atoms with Crippen LogP contribution in [0.3, 0.4) is 0 Å². The summed E-state index contributed by atoms with van der Waals surface area (Å²) in [6.07, 6.45) is 1.64. The third-order valence-electron chi connectivity index (χ3n) is 2.42. The first-order chi connectivity index (χ1) is 5.57. The highest BCUT2D eigenvalue weighted by Gasteiger charge is 2.40. The average Bonchev–Trinajstić information content (AvgIpc) is 2.35. The van der Waals surface area contributed by atoms with Crippen molar-refractivity contribution in [3.8, 4) is 0 Å². The van der Waals surface area contributed by atoms with E-state index >= 15 is 0 Å². The minimum atomic E-state index is -0.367. The summed E-state index contributed by atoms with van der Waals surface area (Å²) in [4.78, 5) is 11.2. The van der Waals surface area contributed by atoms with E-state index in [1.807, 2.05) is 0 Å². The maximum Gasteiger partial charge on any atom is 0.226 e. The van der Waals surface area contributed by atoms with Crippen molar-refractivity contribution in [1.82, 2.24) is 0 Å². The lowest BCUT2D eigenvalue weighted by Crippen LogP contribution is -2.38. The average molecular weight is 171 g/mol. The van der Waals surface area contributed by atoms with E-state index in [1.54, 1.807) is 0 Å². The Bertz CT molecular complexity index is 171. The van der Waals surface area contributed by atoms with Crippen LogP contribution in [0.4, 0.5) is 0 Å². The van der Waals surface area contributed by atoms with Gasteiger partial charge in [-0.15, -0.1) is 0 Å². The Hall–Kier alpha value is -0.570. The molecule has 0 aromatic carbocycles. The van der Waals surface area contributed by atoms with Gasteiger partial charge in [0.2, 0.25) is 5.91 Å². The lowest BCUT2D eigenvalue weighted by atomic mass is 9.79. The zero-order valence-corrected chi connectivity index (χ0v) is 7.80. The number of nitrogens with two attached hydrogens (primary N) is 1. The molecule has 1 aliphatic heterocycles. The van der Waals surface area contributed by atoms with Gasteiger partial charge >= 0.3 is 0 Å². The smallest absolute Gasteiger partial charge is 0.226 e. The molecule has 1 rings (SSSR count). The fourth-order valence-electron chi connectivity index (χ4n) is 1.84. The van der Waals surface area contributed by atoms with Crippen molar-refractivity contribution in [1.29, 1.82) is 0 Å². The van der Waals surface area contributed by atoms with Crippen molar-refractivity contribution in [3.63, 3.8) is 0 Å². The molecular weight excluding hydrogens is 154 g/mol. The Labute approximate surface area is 73.3 Å². The van der Waals surface area contributed by atoms with Crippen LogP contribution in [-0.2, 0) is 9.53 Å². The third-order valence-corrected chi connectivity index (χ3v) is 2.42. The summed E-state index contributed by atoms with van der Waals surface area (Å²) in [5.41, 5.74) is 5.00. The molecule has 2 N–H and O–H groups in total. The molecule has 12 heavy (non-hydrogen) atoms. The van der Waals surface area contributed by atoms with Gasteiger partial charge in [-0.3, -0.25) is 4.79 Å². The highest BCUT2D eigenvalue weighted by atomic mass is 16.5. The van der Waals surface area contributed by atoms with Crippen LogP contribution in [0.1, 0.15) is 26.7 Å². The van der Waals surface area contributed by atoms with Gasteiger partial charge in [0.25, 0.3) is 0 Å². The van der Waals surface area contributed by atoms with Gasteiger partial charge in [-0.25, -0.2) is 0 Å². The maximum atomic E-state index is 11.2. The summed E-state index contributed by atoms with van der Waals surface area (Å²) in [5, 5.41) is 0. The van der Waals surface area contributed by atoms with Crippen LogP contribution in [0.2, 0.25) is 0 Å². The van der Waals surface area contributed by atoms with E-state index in [0.717, 1.165) is 12.8 Å². The van der Waals surface area contributed by atoms with Gasteiger partial charge in [0, 0.05) is 6.61 Å². The zero-order chi connectivity index (χ0) is 9.19. The Morgan fingerprint density at radius 2 is 2.33 bits per heavy atom. The molecule has 0 spiro atoms. The minimum Gasteiger partial charge on any atom is -0.380 e. The molecule has 1 atom stereocenters. The van der Waals surface area contributed by atoms with Gasteiger partial charge in [-0.2, -0.15) is 0 Å². The number of amides is 1. The number of primary amides is 1. The van der Waals surface area contributed by atoms with Gasteiger partial charge in [-0.1, -0.05) is 13.8 Å². The molecule has 1 aliphatic rings. The molecule has 0 aliphatic carbocycles. The summed E-state index contributed by atoms with van der Waals surface area (Å²) >= 11 is 0. The fraction of sp³-hybridized carbons (Fsp3) is 0.889. The highest BCUT2D eigenvalue weighted by Crippen LogP contribution is 2.34. The van der Waals surface area contributed by atoms with E-state index < -0.39 is 0 Å². The number of hydrogen-bond acceptors (Lipinski definition) is 2. The van der Waals surface area contributed by atoms with Gasteiger partial charge in [0.05, 0.1) is 12.0 Å². The lowest BCUT2D eigenvalue weighted by Gasteiger charge is -2.25. The fourth-order valence-corrected chi connectivity index (χ4v) is 1.84. The summed E-state index contributed by atoms with van der Waals surface area (Å²) in [6, 6.07) is 0. The van der Waals surface area contributed by atoms with Crippen LogP contribution < -0.4 is 5.73 Å². The molecule has 1 saturated heterocycles. The molecule has 0 radical (unpaired) electrons. The largest absolute Gasteiger partial charge is 0.380 e. The van der Waals surface area contributed by atoms with Crippen LogP contribution in [0.25, 0.3) is 0 Å². The Morgan fingerprint density at radius 3 is 2.67 bits per heavy atom. The Kier molecular flexibility index (Phi) is 2.73. The summed E-state index contributed by atoms with van der Waals surface area (Å²) in [5.74, 6) is 0.299.